The first kappa shape index (κ1) is 16.6. The Morgan fingerprint density at radius 1 is 1.23 bits per heavy atom. The van der Waals surface area contributed by atoms with Gasteiger partial charge in [0, 0.05) is 6.04 Å². The summed E-state index contributed by atoms with van der Waals surface area (Å²) in [4.78, 5) is 12.9. The Hall–Kier alpha value is -2.89. The zero-order valence-corrected chi connectivity index (χ0v) is 15.0. The van der Waals surface area contributed by atoms with Crippen molar-refractivity contribution in [2.75, 3.05) is 7.11 Å². The molecule has 0 saturated heterocycles. The van der Waals surface area contributed by atoms with Crippen molar-refractivity contribution in [1.82, 2.24) is 20.3 Å². The van der Waals surface area contributed by atoms with E-state index in [2.05, 4.69) is 15.6 Å². The average molecular weight is 350 g/mol. The Morgan fingerprint density at radius 3 is 2.65 bits per heavy atom. The van der Waals surface area contributed by atoms with Crippen molar-refractivity contribution >= 4 is 16.9 Å². The molecule has 1 N–H and O–H groups in total. The third-order valence-electron chi connectivity index (χ3n) is 5.07. The minimum atomic E-state index is -0.398. The van der Waals surface area contributed by atoms with Gasteiger partial charge >= 0.3 is 0 Å². The van der Waals surface area contributed by atoms with Gasteiger partial charge in [0.15, 0.2) is 0 Å². The predicted octanol–water partition coefficient (Wildman–Crippen LogP) is 2.68. The highest BCUT2D eigenvalue weighted by atomic mass is 16.5. The lowest BCUT2D eigenvalue weighted by Gasteiger charge is -2.20. The SMILES string of the molecule is COc1ccc(C2(C(=O)N[C@H](C)Cn3nnc4ccccc43)CC2)cc1. The van der Waals surface area contributed by atoms with Crippen molar-refractivity contribution in [1.29, 1.82) is 0 Å². The molecule has 2 aromatic carbocycles. The van der Waals surface area contributed by atoms with Gasteiger partial charge in [0.05, 0.1) is 24.6 Å². The van der Waals surface area contributed by atoms with Crippen LogP contribution in [0.25, 0.3) is 11.0 Å². The molecule has 6 heteroatoms. The number of rotatable bonds is 6. The number of hydrogen-bond donors (Lipinski definition) is 1. The van der Waals surface area contributed by atoms with E-state index in [0.717, 1.165) is 35.2 Å². The molecule has 26 heavy (non-hydrogen) atoms. The Bertz CT molecular complexity index is 928. The molecule has 1 saturated carbocycles. The molecule has 0 aliphatic heterocycles. The summed E-state index contributed by atoms with van der Waals surface area (Å²) >= 11 is 0. The molecule has 1 amide bonds. The topological polar surface area (TPSA) is 69.0 Å². The maximum atomic E-state index is 12.9. The molecule has 1 fully saturated rings. The summed E-state index contributed by atoms with van der Waals surface area (Å²) in [5.74, 6) is 0.885. The molecule has 1 atom stereocenters. The fourth-order valence-electron chi connectivity index (χ4n) is 3.40. The van der Waals surface area contributed by atoms with Crippen LogP contribution in [0.2, 0.25) is 0 Å². The van der Waals surface area contributed by atoms with Crippen LogP contribution in [0.4, 0.5) is 0 Å². The predicted molar refractivity (Wildman–Crippen MR) is 99.0 cm³/mol. The van der Waals surface area contributed by atoms with Gasteiger partial charge in [0.2, 0.25) is 5.91 Å². The van der Waals surface area contributed by atoms with Crippen molar-refractivity contribution in [3.63, 3.8) is 0 Å². The molecular formula is C20H22N4O2. The number of fused-ring (bicyclic) bond motifs is 1. The third kappa shape index (κ3) is 2.92. The Balaban J connectivity index is 1.45. The number of nitrogens with zero attached hydrogens (tertiary/aromatic N) is 3. The fourth-order valence-corrected chi connectivity index (χ4v) is 3.40. The number of ether oxygens (including phenoxy) is 1. The van der Waals surface area contributed by atoms with Crippen molar-refractivity contribution in [2.24, 2.45) is 0 Å². The minimum absolute atomic E-state index is 0.0386. The van der Waals surface area contributed by atoms with E-state index in [-0.39, 0.29) is 11.9 Å². The number of para-hydroxylation sites is 1. The number of carbonyl (C=O) groups is 1. The summed E-state index contributed by atoms with van der Waals surface area (Å²) in [6, 6.07) is 15.6. The van der Waals surface area contributed by atoms with Crippen LogP contribution in [0, 0.1) is 0 Å². The Kier molecular flexibility index (Phi) is 4.11. The second-order valence-electron chi connectivity index (χ2n) is 6.95. The molecule has 0 bridgehead atoms. The number of aromatic nitrogens is 3. The van der Waals surface area contributed by atoms with Crippen LogP contribution in [0.15, 0.2) is 48.5 Å². The van der Waals surface area contributed by atoms with E-state index in [1.165, 1.54) is 0 Å². The monoisotopic (exact) mass is 350 g/mol. The lowest BCUT2D eigenvalue weighted by molar-refractivity contribution is -0.124. The number of nitrogens with one attached hydrogen (secondary N) is 1. The second kappa shape index (κ2) is 6.44. The molecule has 3 aromatic rings. The number of amides is 1. The van der Waals surface area contributed by atoms with Crippen LogP contribution >= 0.6 is 0 Å². The fraction of sp³-hybridized carbons (Fsp3) is 0.350. The molecule has 1 aliphatic carbocycles. The van der Waals surface area contributed by atoms with Crippen LogP contribution in [0.1, 0.15) is 25.3 Å². The number of hydrogen-bond acceptors (Lipinski definition) is 4. The van der Waals surface area contributed by atoms with E-state index in [9.17, 15) is 4.79 Å². The highest BCUT2D eigenvalue weighted by Gasteiger charge is 2.51. The number of methoxy groups -OCH3 is 1. The molecule has 0 radical (unpaired) electrons. The lowest BCUT2D eigenvalue weighted by atomic mass is 9.94. The van der Waals surface area contributed by atoms with Gasteiger partial charge < -0.3 is 10.1 Å². The number of carbonyl (C=O) groups excluding carboxylic acids is 1. The first-order valence-corrected chi connectivity index (χ1v) is 8.86. The van der Waals surface area contributed by atoms with E-state index in [1.807, 2.05) is 60.1 Å². The molecular weight excluding hydrogens is 328 g/mol. The van der Waals surface area contributed by atoms with Gasteiger partial charge in [-0.15, -0.1) is 5.10 Å². The molecule has 4 rings (SSSR count). The van der Waals surface area contributed by atoms with Crippen LogP contribution in [0.5, 0.6) is 5.75 Å². The molecule has 1 aliphatic rings. The van der Waals surface area contributed by atoms with Crippen molar-refractivity contribution in [3.05, 3.63) is 54.1 Å². The van der Waals surface area contributed by atoms with E-state index in [0.29, 0.717) is 6.54 Å². The first-order valence-electron chi connectivity index (χ1n) is 8.86. The van der Waals surface area contributed by atoms with Gasteiger partial charge in [0.25, 0.3) is 0 Å². The normalized spacial score (nSPS) is 16.2. The Morgan fingerprint density at radius 2 is 1.96 bits per heavy atom. The van der Waals surface area contributed by atoms with Gasteiger partial charge in [-0.2, -0.15) is 0 Å². The van der Waals surface area contributed by atoms with E-state index >= 15 is 0 Å². The summed E-state index contributed by atoms with van der Waals surface area (Å²) in [5, 5.41) is 11.5. The van der Waals surface area contributed by atoms with Gasteiger partial charge in [-0.25, -0.2) is 4.68 Å². The standard InChI is InChI=1S/C20H22N4O2/c1-14(13-24-18-6-4-3-5-17(18)22-23-24)21-19(25)20(11-12-20)15-7-9-16(26-2)10-8-15/h3-10,14H,11-13H2,1-2H3,(H,21,25)/t14-/m1/s1. The molecule has 1 aromatic heterocycles. The number of benzene rings is 2. The van der Waals surface area contributed by atoms with Crippen LogP contribution in [0.3, 0.4) is 0 Å². The van der Waals surface area contributed by atoms with Gasteiger partial charge in [-0.05, 0) is 49.6 Å². The molecule has 1 heterocycles. The molecule has 6 nitrogen and oxygen atoms in total. The van der Waals surface area contributed by atoms with Crippen LogP contribution in [-0.4, -0.2) is 34.1 Å². The molecule has 134 valence electrons. The summed E-state index contributed by atoms with van der Waals surface area (Å²) in [7, 11) is 1.64. The zero-order chi connectivity index (χ0) is 18.1. The quantitative estimate of drug-likeness (QED) is 0.742. The van der Waals surface area contributed by atoms with Gasteiger partial charge in [0.1, 0.15) is 11.3 Å². The lowest BCUT2D eigenvalue weighted by Crippen LogP contribution is -2.42. The summed E-state index contributed by atoms with van der Waals surface area (Å²) in [6.45, 7) is 2.59. The van der Waals surface area contributed by atoms with E-state index < -0.39 is 5.41 Å². The molecule has 0 unspecified atom stereocenters. The maximum absolute atomic E-state index is 12.9. The largest absolute Gasteiger partial charge is 0.497 e. The highest BCUT2D eigenvalue weighted by molar-refractivity contribution is 5.91. The first-order chi connectivity index (χ1) is 12.6. The van der Waals surface area contributed by atoms with Gasteiger partial charge in [-0.1, -0.05) is 29.5 Å². The van der Waals surface area contributed by atoms with Gasteiger partial charge in [-0.3, -0.25) is 4.79 Å². The highest BCUT2D eigenvalue weighted by Crippen LogP contribution is 2.48. The van der Waals surface area contributed by atoms with E-state index in [1.54, 1.807) is 7.11 Å². The summed E-state index contributed by atoms with van der Waals surface area (Å²) in [5.41, 5.74) is 2.49. The summed E-state index contributed by atoms with van der Waals surface area (Å²) in [6.07, 6.45) is 1.76. The average Bonchev–Trinajstić information content (AvgIpc) is 3.39. The van der Waals surface area contributed by atoms with E-state index in [4.69, 9.17) is 4.74 Å². The molecule has 0 spiro atoms. The maximum Gasteiger partial charge on any atom is 0.230 e. The third-order valence-corrected chi connectivity index (χ3v) is 5.07. The van der Waals surface area contributed by atoms with Crippen molar-refractivity contribution < 1.29 is 9.53 Å². The minimum Gasteiger partial charge on any atom is -0.497 e. The van der Waals surface area contributed by atoms with Crippen LogP contribution < -0.4 is 10.1 Å². The smallest absolute Gasteiger partial charge is 0.230 e. The zero-order valence-electron chi connectivity index (χ0n) is 15.0. The van der Waals surface area contributed by atoms with Crippen LogP contribution in [-0.2, 0) is 16.8 Å². The van der Waals surface area contributed by atoms with Crippen molar-refractivity contribution in [3.8, 4) is 5.75 Å². The summed E-state index contributed by atoms with van der Waals surface area (Å²) < 4.78 is 7.05. The van der Waals surface area contributed by atoms with Crippen molar-refractivity contribution in [2.45, 2.75) is 37.8 Å². The second-order valence-corrected chi connectivity index (χ2v) is 6.95. The Labute approximate surface area is 152 Å².